The summed E-state index contributed by atoms with van der Waals surface area (Å²) in [6.07, 6.45) is 9.35. The molecule has 6 heteroatoms. The standard InChI is InChI=1S/C17H21N5O/c1-3-6-13(2)17(23)20-14-9-18-22(11-14)12-15-10-21-8-5-4-7-16(21)19-15/h4-5,7-11,13H,3,6,12H2,1-2H3,(H,20,23). The zero-order chi connectivity index (χ0) is 16.2. The summed E-state index contributed by atoms with van der Waals surface area (Å²) < 4.78 is 3.76. The van der Waals surface area contributed by atoms with Crippen LogP contribution in [-0.2, 0) is 11.3 Å². The summed E-state index contributed by atoms with van der Waals surface area (Å²) in [6, 6.07) is 5.90. The van der Waals surface area contributed by atoms with Gasteiger partial charge in [-0.3, -0.25) is 9.48 Å². The van der Waals surface area contributed by atoms with E-state index in [1.807, 2.05) is 48.1 Å². The molecule has 23 heavy (non-hydrogen) atoms. The topological polar surface area (TPSA) is 64.2 Å². The molecule has 0 aromatic carbocycles. The van der Waals surface area contributed by atoms with Gasteiger partial charge in [-0.1, -0.05) is 26.3 Å². The van der Waals surface area contributed by atoms with Gasteiger partial charge in [0, 0.05) is 24.5 Å². The van der Waals surface area contributed by atoms with Gasteiger partial charge in [-0.2, -0.15) is 5.10 Å². The quantitative estimate of drug-likeness (QED) is 0.761. The molecule has 120 valence electrons. The number of amides is 1. The average molecular weight is 311 g/mol. The van der Waals surface area contributed by atoms with Crippen LogP contribution in [0.4, 0.5) is 5.69 Å². The minimum absolute atomic E-state index is 0.0155. The van der Waals surface area contributed by atoms with Crippen LogP contribution in [0.15, 0.2) is 43.0 Å². The third-order valence-corrected chi connectivity index (χ3v) is 3.81. The number of rotatable bonds is 6. The Balaban J connectivity index is 1.66. The van der Waals surface area contributed by atoms with Gasteiger partial charge >= 0.3 is 0 Å². The number of carbonyl (C=O) groups excluding carboxylic acids is 1. The molecule has 0 aliphatic rings. The molecule has 0 aliphatic carbocycles. The lowest BCUT2D eigenvalue weighted by molar-refractivity contribution is -0.119. The Labute approximate surface area is 135 Å². The fourth-order valence-corrected chi connectivity index (χ4v) is 2.57. The van der Waals surface area contributed by atoms with Crippen molar-refractivity contribution in [2.75, 3.05) is 5.32 Å². The van der Waals surface area contributed by atoms with Crippen molar-refractivity contribution < 1.29 is 4.79 Å². The van der Waals surface area contributed by atoms with Gasteiger partial charge in [0.25, 0.3) is 0 Å². The normalized spacial score (nSPS) is 12.4. The van der Waals surface area contributed by atoms with Crippen molar-refractivity contribution in [2.45, 2.75) is 33.2 Å². The minimum atomic E-state index is 0.0155. The Morgan fingerprint density at radius 1 is 1.35 bits per heavy atom. The van der Waals surface area contributed by atoms with Crippen LogP contribution in [-0.4, -0.2) is 25.1 Å². The highest BCUT2D eigenvalue weighted by atomic mass is 16.1. The Bertz CT molecular complexity index is 771. The summed E-state index contributed by atoms with van der Waals surface area (Å²) in [6.45, 7) is 4.60. The molecular weight excluding hydrogens is 290 g/mol. The van der Waals surface area contributed by atoms with E-state index in [1.165, 1.54) is 0 Å². The molecule has 0 aliphatic heterocycles. The summed E-state index contributed by atoms with van der Waals surface area (Å²) in [5.41, 5.74) is 2.56. The highest BCUT2D eigenvalue weighted by molar-refractivity contribution is 5.91. The molecule has 1 N–H and O–H groups in total. The fraction of sp³-hybridized carbons (Fsp3) is 0.353. The van der Waals surface area contributed by atoms with Crippen molar-refractivity contribution in [3.63, 3.8) is 0 Å². The number of nitrogens with zero attached hydrogens (tertiary/aromatic N) is 4. The first kappa shape index (κ1) is 15.3. The Hall–Kier alpha value is -2.63. The molecule has 0 saturated carbocycles. The van der Waals surface area contributed by atoms with Crippen LogP contribution in [0.5, 0.6) is 0 Å². The van der Waals surface area contributed by atoms with Gasteiger partial charge in [-0.15, -0.1) is 0 Å². The van der Waals surface area contributed by atoms with E-state index in [-0.39, 0.29) is 11.8 Å². The zero-order valence-corrected chi connectivity index (χ0v) is 13.4. The molecule has 3 heterocycles. The van der Waals surface area contributed by atoms with E-state index in [0.717, 1.165) is 29.9 Å². The first-order valence-electron chi connectivity index (χ1n) is 7.91. The van der Waals surface area contributed by atoms with Crippen molar-refractivity contribution in [3.05, 3.63) is 48.7 Å². The zero-order valence-electron chi connectivity index (χ0n) is 13.4. The number of anilines is 1. The lowest BCUT2D eigenvalue weighted by Crippen LogP contribution is -2.19. The molecular formula is C17H21N5O. The van der Waals surface area contributed by atoms with Gasteiger partial charge in [0.1, 0.15) is 5.65 Å². The second-order valence-corrected chi connectivity index (χ2v) is 5.80. The smallest absolute Gasteiger partial charge is 0.227 e. The molecule has 0 fully saturated rings. The number of nitrogens with one attached hydrogen (secondary N) is 1. The minimum Gasteiger partial charge on any atom is -0.323 e. The van der Waals surface area contributed by atoms with E-state index in [9.17, 15) is 4.79 Å². The van der Waals surface area contributed by atoms with Crippen LogP contribution < -0.4 is 5.32 Å². The SMILES string of the molecule is CCCC(C)C(=O)Nc1cnn(Cc2cn3ccccc3n2)c1. The Morgan fingerprint density at radius 3 is 3.00 bits per heavy atom. The maximum Gasteiger partial charge on any atom is 0.227 e. The van der Waals surface area contributed by atoms with Crippen LogP contribution in [0.25, 0.3) is 5.65 Å². The molecule has 6 nitrogen and oxygen atoms in total. The van der Waals surface area contributed by atoms with E-state index in [4.69, 9.17) is 0 Å². The summed E-state index contributed by atoms with van der Waals surface area (Å²) in [5, 5.41) is 7.20. The summed E-state index contributed by atoms with van der Waals surface area (Å²) in [5.74, 6) is 0.0564. The Kier molecular flexibility index (Phi) is 4.41. The Morgan fingerprint density at radius 2 is 2.22 bits per heavy atom. The average Bonchev–Trinajstić information content (AvgIpc) is 3.13. The van der Waals surface area contributed by atoms with Gasteiger partial charge in [-0.25, -0.2) is 4.98 Å². The van der Waals surface area contributed by atoms with Gasteiger partial charge in [0.2, 0.25) is 5.91 Å². The molecule has 1 atom stereocenters. The number of hydrogen-bond donors (Lipinski definition) is 1. The molecule has 0 spiro atoms. The molecule has 0 radical (unpaired) electrons. The molecule has 3 aromatic rings. The van der Waals surface area contributed by atoms with Gasteiger partial charge in [0.15, 0.2) is 0 Å². The van der Waals surface area contributed by atoms with E-state index in [2.05, 4.69) is 22.3 Å². The summed E-state index contributed by atoms with van der Waals surface area (Å²) in [7, 11) is 0. The van der Waals surface area contributed by atoms with Crippen LogP contribution >= 0.6 is 0 Å². The summed E-state index contributed by atoms with van der Waals surface area (Å²) >= 11 is 0. The number of fused-ring (bicyclic) bond motifs is 1. The lowest BCUT2D eigenvalue weighted by atomic mass is 10.1. The van der Waals surface area contributed by atoms with Gasteiger partial charge < -0.3 is 9.72 Å². The number of hydrogen-bond acceptors (Lipinski definition) is 3. The number of aromatic nitrogens is 4. The highest BCUT2D eigenvalue weighted by Gasteiger charge is 2.13. The fourth-order valence-electron chi connectivity index (χ4n) is 2.57. The van der Waals surface area contributed by atoms with Crippen molar-refractivity contribution >= 4 is 17.2 Å². The maximum atomic E-state index is 12.0. The van der Waals surface area contributed by atoms with Crippen molar-refractivity contribution in [3.8, 4) is 0 Å². The molecule has 1 amide bonds. The molecule has 1 unspecified atom stereocenters. The molecule has 0 bridgehead atoms. The van der Waals surface area contributed by atoms with Crippen molar-refractivity contribution in [1.29, 1.82) is 0 Å². The van der Waals surface area contributed by atoms with Gasteiger partial charge in [0.05, 0.1) is 24.1 Å². The maximum absolute atomic E-state index is 12.0. The van der Waals surface area contributed by atoms with Crippen molar-refractivity contribution in [1.82, 2.24) is 19.2 Å². The molecule has 3 rings (SSSR count). The molecule has 3 aromatic heterocycles. The number of imidazole rings is 1. The number of pyridine rings is 1. The van der Waals surface area contributed by atoms with E-state index in [0.29, 0.717) is 6.54 Å². The third-order valence-electron chi connectivity index (χ3n) is 3.81. The third kappa shape index (κ3) is 3.59. The molecule has 0 saturated heterocycles. The van der Waals surface area contributed by atoms with Crippen LogP contribution in [0.1, 0.15) is 32.4 Å². The van der Waals surface area contributed by atoms with Crippen LogP contribution in [0.2, 0.25) is 0 Å². The predicted molar refractivity (Wildman–Crippen MR) is 89.2 cm³/mol. The first-order valence-corrected chi connectivity index (χ1v) is 7.91. The largest absolute Gasteiger partial charge is 0.323 e. The van der Waals surface area contributed by atoms with Crippen molar-refractivity contribution in [2.24, 2.45) is 5.92 Å². The monoisotopic (exact) mass is 311 g/mol. The van der Waals surface area contributed by atoms with E-state index < -0.39 is 0 Å². The summed E-state index contributed by atoms with van der Waals surface area (Å²) in [4.78, 5) is 16.6. The second kappa shape index (κ2) is 6.64. The number of carbonyl (C=O) groups is 1. The second-order valence-electron chi connectivity index (χ2n) is 5.80. The highest BCUT2D eigenvalue weighted by Crippen LogP contribution is 2.12. The van der Waals surface area contributed by atoms with Crippen LogP contribution in [0, 0.1) is 5.92 Å². The first-order chi connectivity index (χ1) is 11.2. The van der Waals surface area contributed by atoms with Gasteiger partial charge in [-0.05, 0) is 18.6 Å². The van der Waals surface area contributed by atoms with Crippen LogP contribution in [0.3, 0.4) is 0 Å². The lowest BCUT2D eigenvalue weighted by Gasteiger charge is -2.09. The van der Waals surface area contributed by atoms with E-state index >= 15 is 0 Å². The predicted octanol–water partition coefficient (Wildman–Crippen LogP) is 2.95. The van der Waals surface area contributed by atoms with E-state index in [1.54, 1.807) is 10.9 Å².